The molecule has 2 heterocycles. The van der Waals surface area contributed by atoms with Gasteiger partial charge in [0, 0.05) is 29.1 Å². The second-order valence-electron chi connectivity index (χ2n) is 5.08. The molecule has 110 valence electrons. The van der Waals surface area contributed by atoms with Crippen molar-refractivity contribution in [3.63, 3.8) is 0 Å². The number of carbonyl (C=O) groups is 1. The summed E-state index contributed by atoms with van der Waals surface area (Å²) >= 11 is 8.22. The minimum atomic E-state index is -0.0661. The zero-order valence-corrected chi connectivity index (χ0v) is 14.4. The summed E-state index contributed by atoms with van der Waals surface area (Å²) in [5, 5.41) is 8.93. The molecule has 0 unspecified atom stereocenters. The summed E-state index contributed by atoms with van der Waals surface area (Å²) < 4.78 is 3.04. The molecule has 1 amide bonds. The second kappa shape index (κ2) is 5.92. The van der Waals surface area contributed by atoms with Crippen molar-refractivity contribution in [3.05, 3.63) is 44.0 Å². The van der Waals surface area contributed by atoms with Crippen LogP contribution in [-0.2, 0) is 19.5 Å². The molecule has 0 saturated heterocycles. The Labute approximate surface area is 141 Å². The Balaban J connectivity index is 1.76. The lowest BCUT2D eigenvalue weighted by molar-refractivity contribution is 0.0780. The Bertz CT molecular complexity index is 700. The zero-order chi connectivity index (χ0) is 15.0. The van der Waals surface area contributed by atoms with E-state index in [2.05, 4.69) is 37.4 Å². The number of fused-ring (bicyclic) bond motifs is 1. The van der Waals surface area contributed by atoms with Crippen molar-refractivity contribution < 1.29 is 4.79 Å². The first-order valence-corrected chi connectivity index (χ1v) is 8.13. The average Bonchev–Trinajstić information content (AvgIpc) is 3.06. The van der Waals surface area contributed by atoms with Gasteiger partial charge in [-0.25, -0.2) is 0 Å². The van der Waals surface area contributed by atoms with Gasteiger partial charge < -0.3 is 9.47 Å². The predicted molar refractivity (Wildman–Crippen MR) is 88.3 cm³/mol. The summed E-state index contributed by atoms with van der Waals surface area (Å²) in [6.07, 6.45) is 2.07. The fourth-order valence-corrected chi connectivity index (χ4v) is 2.98. The summed E-state index contributed by atoms with van der Waals surface area (Å²) in [5.74, 6) is 1.79. The largest absolute Gasteiger partial charge is 0.334 e. The first-order valence-electron chi connectivity index (χ1n) is 6.67. The lowest BCUT2D eigenvalue weighted by atomic mass is 10.2. The molecular formula is C14H14ClIN4O. The van der Waals surface area contributed by atoms with Crippen molar-refractivity contribution >= 4 is 40.1 Å². The number of rotatable bonds is 3. The molecule has 0 saturated carbocycles. The van der Waals surface area contributed by atoms with Gasteiger partial charge in [0.1, 0.15) is 5.82 Å². The Kier molecular flexibility index (Phi) is 4.17. The Morgan fingerprint density at radius 2 is 2.29 bits per heavy atom. The van der Waals surface area contributed by atoms with Crippen molar-refractivity contribution in [2.24, 2.45) is 0 Å². The van der Waals surface area contributed by atoms with E-state index in [4.69, 9.17) is 11.6 Å². The number of aryl methyl sites for hydroxylation is 1. The summed E-state index contributed by atoms with van der Waals surface area (Å²) in [5.41, 5.74) is 0.587. The minimum absolute atomic E-state index is 0.0661. The van der Waals surface area contributed by atoms with Crippen LogP contribution < -0.4 is 0 Å². The standard InChI is InChI=1S/C14H14ClIN4O/c1-19(8-13-18-17-12-3-2-6-20(12)13)14(21)9-4-5-11(16)10(15)7-9/h4-5,7H,2-3,6,8H2,1H3. The van der Waals surface area contributed by atoms with E-state index in [9.17, 15) is 4.79 Å². The van der Waals surface area contributed by atoms with E-state index in [1.165, 1.54) is 0 Å². The van der Waals surface area contributed by atoms with Gasteiger partial charge in [-0.15, -0.1) is 10.2 Å². The number of benzene rings is 1. The summed E-state index contributed by atoms with van der Waals surface area (Å²) in [6.45, 7) is 1.39. The minimum Gasteiger partial charge on any atom is -0.334 e. The van der Waals surface area contributed by atoms with Crippen LogP contribution in [-0.4, -0.2) is 32.6 Å². The highest BCUT2D eigenvalue weighted by atomic mass is 127. The van der Waals surface area contributed by atoms with Crippen molar-refractivity contribution in [2.75, 3.05) is 7.05 Å². The molecule has 0 fully saturated rings. The average molecular weight is 417 g/mol. The Morgan fingerprint density at radius 1 is 1.48 bits per heavy atom. The van der Waals surface area contributed by atoms with Crippen LogP contribution in [0.25, 0.3) is 0 Å². The van der Waals surface area contributed by atoms with Gasteiger partial charge in [-0.05, 0) is 47.2 Å². The molecular weight excluding hydrogens is 403 g/mol. The van der Waals surface area contributed by atoms with Crippen LogP contribution >= 0.6 is 34.2 Å². The zero-order valence-electron chi connectivity index (χ0n) is 11.5. The van der Waals surface area contributed by atoms with Gasteiger partial charge >= 0.3 is 0 Å². The molecule has 0 aliphatic carbocycles. The molecule has 0 bridgehead atoms. The monoisotopic (exact) mass is 416 g/mol. The third-order valence-corrected chi connectivity index (χ3v) is 5.15. The number of aromatic nitrogens is 3. The molecule has 0 N–H and O–H groups in total. The first kappa shape index (κ1) is 14.8. The van der Waals surface area contributed by atoms with Gasteiger partial charge in [-0.3, -0.25) is 4.79 Å². The van der Waals surface area contributed by atoms with E-state index < -0.39 is 0 Å². The lowest BCUT2D eigenvalue weighted by Gasteiger charge is -2.17. The summed E-state index contributed by atoms with van der Waals surface area (Å²) in [4.78, 5) is 14.1. The summed E-state index contributed by atoms with van der Waals surface area (Å²) in [6, 6.07) is 5.34. The quantitative estimate of drug-likeness (QED) is 0.723. The second-order valence-corrected chi connectivity index (χ2v) is 6.65. The smallest absolute Gasteiger partial charge is 0.254 e. The van der Waals surface area contributed by atoms with Gasteiger partial charge in [0.2, 0.25) is 0 Å². The fourth-order valence-electron chi connectivity index (χ4n) is 2.46. The number of nitrogens with zero attached hydrogens (tertiary/aromatic N) is 4. The first-order chi connectivity index (χ1) is 10.1. The molecule has 0 radical (unpaired) electrons. The van der Waals surface area contributed by atoms with E-state index in [-0.39, 0.29) is 5.91 Å². The third-order valence-electron chi connectivity index (χ3n) is 3.58. The normalized spacial score (nSPS) is 13.3. The van der Waals surface area contributed by atoms with Crippen LogP contribution in [0.4, 0.5) is 0 Å². The number of amides is 1. The molecule has 5 nitrogen and oxygen atoms in total. The van der Waals surface area contributed by atoms with Gasteiger partial charge in [0.25, 0.3) is 5.91 Å². The van der Waals surface area contributed by atoms with Crippen molar-refractivity contribution in [1.82, 2.24) is 19.7 Å². The van der Waals surface area contributed by atoms with E-state index in [0.717, 1.165) is 34.6 Å². The van der Waals surface area contributed by atoms with Crippen molar-refractivity contribution in [1.29, 1.82) is 0 Å². The van der Waals surface area contributed by atoms with Gasteiger partial charge in [0.15, 0.2) is 5.82 Å². The molecule has 7 heteroatoms. The maximum atomic E-state index is 12.4. The molecule has 1 aromatic heterocycles. The van der Waals surface area contributed by atoms with Gasteiger partial charge in [-0.1, -0.05) is 11.6 Å². The SMILES string of the molecule is CN(Cc1nnc2n1CCC2)C(=O)c1ccc(I)c(Cl)c1. The van der Waals surface area contributed by atoms with Crippen LogP contribution in [0.3, 0.4) is 0 Å². The molecule has 1 aromatic carbocycles. The van der Waals surface area contributed by atoms with E-state index in [1.807, 2.05) is 6.07 Å². The van der Waals surface area contributed by atoms with Crippen LogP contribution in [0.15, 0.2) is 18.2 Å². The molecule has 3 rings (SSSR count). The van der Waals surface area contributed by atoms with E-state index >= 15 is 0 Å². The molecule has 1 aliphatic rings. The Hall–Kier alpha value is -1.15. The summed E-state index contributed by atoms with van der Waals surface area (Å²) in [7, 11) is 1.77. The highest BCUT2D eigenvalue weighted by molar-refractivity contribution is 14.1. The van der Waals surface area contributed by atoms with Gasteiger partial charge in [0.05, 0.1) is 11.6 Å². The predicted octanol–water partition coefficient (Wildman–Crippen LogP) is 2.75. The molecule has 0 spiro atoms. The fraction of sp³-hybridized carbons (Fsp3) is 0.357. The number of hydrogen-bond acceptors (Lipinski definition) is 3. The van der Waals surface area contributed by atoms with Crippen LogP contribution in [0.5, 0.6) is 0 Å². The highest BCUT2D eigenvalue weighted by Gasteiger charge is 2.20. The third kappa shape index (κ3) is 2.91. The maximum Gasteiger partial charge on any atom is 0.254 e. The maximum absolute atomic E-state index is 12.4. The molecule has 1 aliphatic heterocycles. The number of halogens is 2. The molecule has 21 heavy (non-hydrogen) atoms. The van der Waals surface area contributed by atoms with Crippen molar-refractivity contribution in [3.8, 4) is 0 Å². The topological polar surface area (TPSA) is 51.0 Å². The Morgan fingerprint density at radius 3 is 3.05 bits per heavy atom. The number of hydrogen-bond donors (Lipinski definition) is 0. The van der Waals surface area contributed by atoms with Crippen molar-refractivity contribution in [2.45, 2.75) is 25.9 Å². The van der Waals surface area contributed by atoms with Crippen LogP contribution in [0.2, 0.25) is 5.02 Å². The van der Waals surface area contributed by atoms with E-state index in [1.54, 1.807) is 24.1 Å². The van der Waals surface area contributed by atoms with E-state index in [0.29, 0.717) is 17.1 Å². The van der Waals surface area contributed by atoms with Crippen LogP contribution in [0.1, 0.15) is 28.4 Å². The molecule has 2 aromatic rings. The lowest BCUT2D eigenvalue weighted by Crippen LogP contribution is -2.27. The highest BCUT2D eigenvalue weighted by Crippen LogP contribution is 2.21. The number of carbonyl (C=O) groups excluding carboxylic acids is 1. The van der Waals surface area contributed by atoms with Gasteiger partial charge in [-0.2, -0.15) is 0 Å². The van der Waals surface area contributed by atoms with Crippen LogP contribution in [0, 0.1) is 3.57 Å². The molecule has 0 atom stereocenters.